The van der Waals surface area contributed by atoms with Crippen LogP contribution in [0.15, 0.2) is 48.5 Å². The van der Waals surface area contributed by atoms with Gasteiger partial charge < -0.3 is 5.32 Å². The molecule has 3 rings (SSSR count). The summed E-state index contributed by atoms with van der Waals surface area (Å²) >= 11 is 6.02. The summed E-state index contributed by atoms with van der Waals surface area (Å²) in [5.41, 5.74) is 1.81. The van der Waals surface area contributed by atoms with Crippen molar-refractivity contribution in [1.82, 2.24) is 5.32 Å². The molecule has 2 aromatic rings. The van der Waals surface area contributed by atoms with Crippen molar-refractivity contribution >= 4 is 11.6 Å². The van der Waals surface area contributed by atoms with Gasteiger partial charge in [-0.2, -0.15) is 0 Å². The fraction of sp³-hybridized carbons (Fsp3) is 0.250. The normalized spacial score (nSPS) is 16.9. The molecule has 2 aromatic carbocycles. The Labute approximate surface area is 117 Å². The molecule has 1 heterocycles. The molecule has 19 heavy (non-hydrogen) atoms. The summed E-state index contributed by atoms with van der Waals surface area (Å²) in [6, 6.07) is 14.9. The molecule has 0 saturated carbocycles. The van der Waals surface area contributed by atoms with E-state index in [-0.39, 0.29) is 11.2 Å². The van der Waals surface area contributed by atoms with E-state index in [0.717, 1.165) is 35.7 Å². The van der Waals surface area contributed by atoms with Gasteiger partial charge in [0, 0.05) is 23.5 Å². The summed E-state index contributed by atoms with van der Waals surface area (Å²) in [5.74, 6) is -0.119. The Kier molecular flexibility index (Phi) is 3.29. The topological polar surface area (TPSA) is 12.0 Å². The van der Waals surface area contributed by atoms with E-state index in [2.05, 4.69) is 5.32 Å². The van der Waals surface area contributed by atoms with Crippen LogP contribution in [0.1, 0.15) is 11.1 Å². The molecule has 1 fully saturated rings. The molecule has 1 N–H and O–H groups in total. The van der Waals surface area contributed by atoms with Gasteiger partial charge in [-0.1, -0.05) is 41.9 Å². The van der Waals surface area contributed by atoms with Gasteiger partial charge in [-0.3, -0.25) is 0 Å². The molecule has 1 aliphatic heterocycles. The number of hydrogen-bond donors (Lipinski definition) is 1. The van der Waals surface area contributed by atoms with E-state index in [1.807, 2.05) is 36.4 Å². The van der Waals surface area contributed by atoms with Crippen molar-refractivity contribution in [3.8, 4) is 0 Å². The highest BCUT2D eigenvalue weighted by atomic mass is 35.5. The molecule has 0 aliphatic carbocycles. The van der Waals surface area contributed by atoms with Crippen molar-refractivity contribution in [1.29, 1.82) is 0 Å². The molecule has 0 radical (unpaired) electrons. The van der Waals surface area contributed by atoms with Crippen molar-refractivity contribution in [2.75, 3.05) is 13.1 Å². The number of rotatable bonds is 3. The summed E-state index contributed by atoms with van der Waals surface area (Å²) in [6.45, 7) is 1.61. The summed E-state index contributed by atoms with van der Waals surface area (Å²) in [7, 11) is 0. The lowest BCUT2D eigenvalue weighted by molar-refractivity contribution is 0.266. The maximum absolute atomic E-state index is 14.0. The Hall–Kier alpha value is -1.38. The smallest absolute Gasteiger partial charge is 0.127 e. The second kappa shape index (κ2) is 4.95. The zero-order valence-electron chi connectivity index (χ0n) is 10.5. The molecule has 0 bridgehead atoms. The van der Waals surface area contributed by atoms with Crippen LogP contribution in [0.2, 0.25) is 5.02 Å². The van der Waals surface area contributed by atoms with E-state index in [4.69, 9.17) is 11.6 Å². The van der Waals surface area contributed by atoms with E-state index < -0.39 is 0 Å². The van der Waals surface area contributed by atoms with Crippen LogP contribution >= 0.6 is 11.6 Å². The number of benzene rings is 2. The highest BCUT2D eigenvalue weighted by molar-refractivity contribution is 6.30. The molecule has 1 nitrogen and oxygen atoms in total. The van der Waals surface area contributed by atoms with Gasteiger partial charge in [-0.25, -0.2) is 4.39 Å². The Balaban J connectivity index is 1.94. The zero-order chi connectivity index (χ0) is 13.3. The van der Waals surface area contributed by atoms with E-state index in [1.54, 1.807) is 6.07 Å². The van der Waals surface area contributed by atoms with E-state index in [0.29, 0.717) is 0 Å². The van der Waals surface area contributed by atoms with Crippen LogP contribution in [0.25, 0.3) is 0 Å². The van der Waals surface area contributed by atoms with E-state index in [1.165, 1.54) is 6.07 Å². The van der Waals surface area contributed by atoms with Crippen LogP contribution in [0.5, 0.6) is 0 Å². The SMILES string of the molecule is Fc1ccccc1C1(Cc2cccc(Cl)c2)CNC1. The van der Waals surface area contributed by atoms with Gasteiger partial charge in [0.05, 0.1) is 0 Å². The third kappa shape index (κ3) is 2.38. The van der Waals surface area contributed by atoms with Crippen molar-refractivity contribution in [3.63, 3.8) is 0 Å². The fourth-order valence-corrected chi connectivity index (χ4v) is 2.98. The van der Waals surface area contributed by atoms with Gasteiger partial charge in [0.1, 0.15) is 5.82 Å². The lowest BCUT2D eigenvalue weighted by atomic mass is 9.71. The van der Waals surface area contributed by atoms with Gasteiger partial charge in [-0.15, -0.1) is 0 Å². The zero-order valence-corrected chi connectivity index (χ0v) is 11.3. The highest BCUT2D eigenvalue weighted by Crippen LogP contribution is 2.34. The monoisotopic (exact) mass is 275 g/mol. The first-order valence-corrected chi connectivity index (χ1v) is 6.78. The molecular formula is C16H15ClFN. The molecule has 1 aliphatic rings. The van der Waals surface area contributed by atoms with Crippen LogP contribution < -0.4 is 5.32 Å². The van der Waals surface area contributed by atoms with Gasteiger partial charge in [-0.05, 0) is 35.7 Å². The lowest BCUT2D eigenvalue weighted by Crippen LogP contribution is -2.58. The van der Waals surface area contributed by atoms with Crippen LogP contribution in [-0.4, -0.2) is 13.1 Å². The molecule has 98 valence electrons. The Morgan fingerprint density at radius 2 is 1.89 bits per heavy atom. The molecule has 0 aromatic heterocycles. The lowest BCUT2D eigenvalue weighted by Gasteiger charge is -2.43. The predicted octanol–water partition coefficient (Wildman–Crippen LogP) is 3.56. The van der Waals surface area contributed by atoms with Crippen LogP contribution in [0.3, 0.4) is 0 Å². The quantitative estimate of drug-likeness (QED) is 0.903. The van der Waals surface area contributed by atoms with Crippen LogP contribution in [0, 0.1) is 5.82 Å². The van der Waals surface area contributed by atoms with Crippen LogP contribution in [-0.2, 0) is 11.8 Å². The molecule has 0 amide bonds. The Morgan fingerprint density at radius 1 is 1.11 bits per heavy atom. The van der Waals surface area contributed by atoms with Crippen molar-refractivity contribution in [2.24, 2.45) is 0 Å². The predicted molar refractivity (Wildman–Crippen MR) is 76.1 cm³/mol. The maximum atomic E-state index is 14.0. The highest BCUT2D eigenvalue weighted by Gasteiger charge is 2.40. The van der Waals surface area contributed by atoms with Crippen molar-refractivity contribution in [3.05, 3.63) is 70.5 Å². The fourth-order valence-electron chi connectivity index (χ4n) is 2.77. The second-order valence-electron chi connectivity index (χ2n) is 5.17. The van der Waals surface area contributed by atoms with Crippen molar-refractivity contribution in [2.45, 2.75) is 11.8 Å². The molecule has 0 unspecified atom stereocenters. The standard InChI is InChI=1S/C16H15ClFN/c17-13-5-3-4-12(8-13)9-16(10-19-11-16)14-6-1-2-7-15(14)18/h1-8,19H,9-11H2. The molecule has 0 spiro atoms. The average molecular weight is 276 g/mol. The number of halogens is 2. The van der Waals surface area contributed by atoms with Gasteiger partial charge in [0.15, 0.2) is 0 Å². The number of hydrogen-bond acceptors (Lipinski definition) is 1. The molecule has 1 saturated heterocycles. The maximum Gasteiger partial charge on any atom is 0.127 e. The molecular weight excluding hydrogens is 261 g/mol. The third-order valence-electron chi connectivity index (χ3n) is 3.80. The second-order valence-corrected chi connectivity index (χ2v) is 5.61. The summed E-state index contributed by atoms with van der Waals surface area (Å²) in [4.78, 5) is 0. The minimum atomic E-state index is -0.143. The first-order valence-electron chi connectivity index (χ1n) is 6.40. The number of nitrogens with one attached hydrogen (secondary N) is 1. The average Bonchev–Trinajstić information content (AvgIpc) is 2.35. The first-order chi connectivity index (χ1) is 9.20. The van der Waals surface area contributed by atoms with Crippen molar-refractivity contribution < 1.29 is 4.39 Å². The van der Waals surface area contributed by atoms with Gasteiger partial charge >= 0.3 is 0 Å². The van der Waals surface area contributed by atoms with Gasteiger partial charge in [0.25, 0.3) is 0 Å². The van der Waals surface area contributed by atoms with Crippen LogP contribution in [0.4, 0.5) is 4.39 Å². The Morgan fingerprint density at radius 3 is 2.53 bits per heavy atom. The van der Waals surface area contributed by atoms with E-state index >= 15 is 0 Å². The molecule has 3 heteroatoms. The summed E-state index contributed by atoms with van der Waals surface area (Å²) in [5, 5.41) is 3.99. The molecule has 0 atom stereocenters. The van der Waals surface area contributed by atoms with E-state index in [9.17, 15) is 4.39 Å². The third-order valence-corrected chi connectivity index (χ3v) is 4.04. The minimum absolute atomic E-state index is 0.119. The minimum Gasteiger partial charge on any atom is -0.315 e. The first kappa shape index (κ1) is 12.6. The summed E-state index contributed by atoms with van der Waals surface area (Å²) in [6.07, 6.45) is 0.807. The summed E-state index contributed by atoms with van der Waals surface area (Å²) < 4.78 is 14.0. The Bertz CT molecular complexity index is 593. The van der Waals surface area contributed by atoms with Gasteiger partial charge in [0.2, 0.25) is 0 Å². The largest absolute Gasteiger partial charge is 0.315 e.